The number of carboxylic acid groups (broad SMARTS) is 1. The van der Waals surface area contributed by atoms with Gasteiger partial charge in [0.15, 0.2) is 0 Å². The van der Waals surface area contributed by atoms with Crippen molar-refractivity contribution in [1.29, 1.82) is 0 Å². The average molecular weight is 489 g/mol. The molecular formula is C24H40O10. The van der Waals surface area contributed by atoms with Crippen LogP contribution in [0.25, 0.3) is 0 Å². The van der Waals surface area contributed by atoms with Crippen molar-refractivity contribution in [3.05, 3.63) is 0 Å². The maximum Gasteiger partial charge on any atom is 0.417 e. The zero-order valence-corrected chi connectivity index (χ0v) is 21.4. The van der Waals surface area contributed by atoms with Crippen molar-refractivity contribution in [1.82, 2.24) is 0 Å². The maximum atomic E-state index is 13.4. The van der Waals surface area contributed by atoms with E-state index in [1.54, 1.807) is 13.8 Å². The number of ether oxygens (including phenoxy) is 1. The molecule has 196 valence electrons. The van der Waals surface area contributed by atoms with E-state index in [0.29, 0.717) is 32.1 Å². The number of carbonyl (C=O) groups excluding carboxylic acids is 3. The molecule has 10 heteroatoms. The molecule has 0 radical (unpaired) electrons. The third-order valence-electron chi connectivity index (χ3n) is 6.98. The van der Waals surface area contributed by atoms with Crippen LogP contribution in [0.5, 0.6) is 0 Å². The van der Waals surface area contributed by atoms with E-state index in [1.165, 1.54) is 0 Å². The maximum absolute atomic E-state index is 13.4. The Hall–Kier alpha value is -2.20. The smallest absolute Gasteiger partial charge is 0.417 e. The van der Waals surface area contributed by atoms with Crippen LogP contribution in [0.3, 0.4) is 0 Å². The topological polar surface area (TPSA) is 135 Å². The highest BCUT2D eigenvalue weighted by Crippen LogP contribution is 2.50. The molecule has 1 aliphatic rings. The number of carbonyl (C=O) groups is 4. The van der Waals surface area contributed by atoms with E-state index in [9.17, 15) is 19.2 Å². The van der Waals surface area contributed by atoms with Crippen molar-refractivity contribution in [2.45, 2.75) is 118 Å². The fraction of sp³-hybridized carbons (Fsp3) is 0.833. The Morgan fingerprint density at radius 2 is 1.71 bits per heavy atom. The van der Waals surface area contributed by atoms with Gasteiger partial charge in [-0.15, -0.1) is 0 Å². The van der Waals surface area contributed by atoms with Gasteiger partial charge in [-0.25, -0.2) is 38.7 Å². The van der Waals surface area contributed by atoms with Gasteiger partial charge in [-0.1, -0.05) is 60.8 Å². The first-order valence-corrected chi connectivity index (χ1v) is 12.1. The minimum absolute atomic E-state index is 0.195. The molecule has 4 atom stereocenters. The van der Waals surface area contributed by atoms with Gasteiger partial charge in [0.2, 0.25) is 5.60 Å². The average Bonchev–Trinajstić information content (AvgIpc) is 2.75. The molecule has 10 nitrogen and oxygen atoms in total. The molecule has 0 bridgehead atoms. The summed E-state index contributed by atoms with van der Waals surface area (Å²) < 4.78 is 4.98. The highest BCUT2D eigenvalue weighted by atomic mass is 17.3. The molecule has 0 aromatic carbocycles. The SMILES string of the molecule is CCCCC(CC)(C(=O)OOC(=O)C1(CC)OOC1CCC)C(C)(C)CC(C)OC(=O)C(=O)O. The van der Waals surface area contributed by atoms with Gasteiger partial charge in [0.25, 0.3) is 0 Å². The minimum Gasteiger partial charge on any atom is -0.473 e. The molecule has 34 heavy (non-hydrogen) atoms. The highest BCUT2D eigenvalue weighted by molar-refractivity contribution is 6.28. The number of hydrogen-bond acceptors (Lipinski definition) is 9. The van der Waals surface area contributed by atoms with Gasteiger partial charge in [0.05, 0.1) is 5.41 Å². The lowest BCUT2D eigenvalue weighted by atomic mass is 9.59. The number of unbranched alkanes of at least 4 members (excludes halogenated alkanes) is 1. The molecule has 1 fully saturated rings. The molecule has 1 rings (SSSR count). The molecule has 1 aliphatic heterocycles. The molecule has 4 unspecified atom stereocenters. The quantitative estimate of drug-likeness (QED) is 0.173. The van der Waals surface area contributed by atoms with Crippen molar-refractivity contribution >= 4 is 23.9 Å². The second-order valence-corrected chi connectivity index (χ2v) is 9.59. The predicted molar refractivity (Wildman–Crippen MR) is 120 cm³/mol. The lowest BCUT2D eigenvalue weighted by Crippen LogP contribution is -2.62. The summed E-state index contributed by atoms with van der Waals surface area (Å²) in [4.78, 5) is 68.8. The predicted octanol–water partition coefficient (Wildman–Crippen LogP) is 4.29. The lowest BCUT2D eigenvalue weighted by molar-refractivity contribution is -0.502. The molecule has 1 N–H and O–H groups in total. The number of hydrogen-bond donors (Lipinski definition) is 1. The first kappa shape index (κ1) is 29.8. The number of esters is 1. The first-order valence-electron chi connectivity index (χ1n) is 12.1. The first-order chi connectivity index (χ1) is 15.9. The Morgan fingerprint density at radius 3 is 2.15 bits per heavy atom. The Kier molecular flexibility index (Phi) is 11.0. The monoisotopic (exact) mass is 488 g/mol. The fourth-order valence-electron chi connectivity index (χ4n) is 4.78. The van der Waals surface area contributed by atoms with Crippen LogP contribution in [0.4, 0.5) is 0 Å². The summed E-state index contributed by atoms with van der Waals surface area (Å²) in [6.07, 6.45) is 2.94. The molecule has 0 aliphatic carbocycles. The van der Waals surface area contributed by atoms with Crippen LogP contribution < -0.4 is 0 Å². The fourth-order valence-corrected chi connectivity index (χ4v) is 4.78. The molecular weight excluding hydrogens is 448 g/mol. The van der Waals surface area contributed by atoms with Crippen molar-refractivity contribution in [3.63, 3.8) is 0 Å². The summed E-state index contributed by atoms with van der Waals surface area (Å²) in [6, 6.07) is 0. The molecule has 0 aromatic rings. The Balaban J connectivity index is 3.05. The van der Waals surface area contributed by atoms with Crippen LogP contribution in [0.15, 0.2) is 0 Å². The summed E-state index contributed by atoms with van der Waals surface area (Å²) >= 11 is 0. The summed E-state index contributed by atoms with van der Waals surface area (Å²) in [5.74, 6) is -4.57. The molecule has 1 heterocycles. The lowest BCUT2D eigenvalue weighted by Gasteiger charge is -2.45. The van der Waals surface area contributed by atoms with Crippen molar-refractivity contribution in [2.75, 3.05) is 0 Å². The van der Waals surface area contributed by atoms with Crippen molar-refractivity contribution in [3.8, 4) is 0 Å². The minimum atomic E-state index is -1.68. The third-order valence-corrected chi connectivity index (χ3v) is 6.98. The van der Waals surface area contributed by atoms with Gasteiger partial charge in [-0.2, -0.15) is 0 Å². The molecule has 0 aromatic heterocycles. The van der Waals surface area contributed by atoms with E-state index >= 15 is 0 Å². The zero-order valence-electron chi connectivity index (χ0n) is 21.4. The molecule has 1 saturated heterocycles. The van der Waals surface area contributed by atoms with E-state index in [-0.39, 0.29) is 6.42 Å². The second-order valence-electron chi connectivity index (χ2n) is 9.59. The van der Waals surface area contributed by atoms with Crippen LogP contribution >= 0.6 is 0 Å². The van der Waals surface area contributed by atoms with Crippen LogP contribution in [0, 0.1) is 10.8 Å². The third kappa shape index (κ3) is 6.27. The second kappa shape index (κ2) is 12.5. The Labute approximate surface area is 201 Å². The van der Waals surface area contributed by atoms with Gasteiger partial charge in [0.1, 0.15) is 12.2 Å². The Morgan fingerprint density at radius 1 is 1.06 bits per heavy atom. The van der Waals surface area contributed by atoms with Gasteiger partial charge < -0.3 is 9.84 Å². The summed E-state index contributed by atoms with van der Waals surface area (Å²) in [7, 11) is 0. The largest absolute Gasteiger partial charge is 0.473 e. The van der Waals surface area contributed by atoms with E-state index < -0.39 is 52.5 Å². The van der Waals surface area contributed by atoms with E-state index in [4.69, 9.17) is 29.4 Å². The van der Waals surface area contributed by atoms with E-state index in [2.05, 4.69) is 0 Å². The van der Waals surface area contributed by atoms with Gasteiger partial charge in [-0.05, 0) is 44.4 Å². The van der Waals surface area contributed by atoms with E-state index in [1.807, 2.05) is 34.6 Å². The normalized spacial score (nSPS) is 22.6. The van der Waals surface area contributed by atoms with Crippen molar-refractivity contribution < 1.29 is 48.6 Å². The number of rotatable bonds is 13. The molecule has 0 amide bonds. The number of aliphatic carboxylic acids is 1. The standard InChI is InChI=1S/C24H40O10/c1-8-12-14-23(10-3,22(6,7)15-16(5)30-19(27)18(25)26)20(28)32-33-21(29)24(11-4)17(13-9-2)31-34-24/h16-17H,8-15H2,1-7H3,(H,25,26). The van der Waals surface area contributed by atoms with Crippen LogP contribution in [0.2, 0.25) is 0 Å². The Bertz CT molecular complexity index is 729. The van der Waals surface area contributed by atoms with Crippen LogP contribution in [-0.2, 0) is 43.5 Å². The van der Waals surface area contributed by atoms with Crippen LogP contribution in [0.1, 0.15) is 99.8 Å². The summed E-state index contributed by atoms with van der Waals surface area (Å²) in [5, 5.41) is 8.81. The summed E-state index contributed by atoms with van der Waals surface area (Å²) in [6.45, 7) is 12.8. The van der Waals surface area contributed by atoms with Gasteiger partial charge in [-0.3, -0.25) is 0 Å². The zero-order chi connectivity index (χ0) is 26.2. The molecule has 0 spiro atoms. The highest BCUT2D eigenvalue weighted by Gasteiger charge is 2.59. The summed E-state index contributed by atoms with van der Waals surface area (Å²) in [5.41, 5.74) is -3.18. The number of carboxylic acids is 1. The molecule has 0 saturated carbocycles. The van der Waals surface area contributed by atoms with Gasteiger partial charge in [0, 0.05) is 0 Å². The van der Waals surface area contributed by atoms with Gasteiger partial charge >= 0.3 is 23.9 Å². The van der Waals surface area contributed by atoms with Crippen LogP contribution in [-0.4, -0.2) is 46.8 Å². The van der Waals surface area contributed by atoms with Crippen molar-refractivity contribution in [2.24, 2.45) is 10.8 Å². The van der Waals surface area contributed by atoms with E-state index in [0.717, 1.165) is 12.8 Å².